The second-order valence-corrected chi connectivity index (χ2v) is 7.03. The van der Waals surface area contributed by atoms with Gasteiger partial charge >= 0.3 is 0 Å². The molecular formula is C17H14N2O4S. The Kier molecular flexibility index (Phi) is 3.94. The van der Waals surface area contributed by atoms with Crippen LogP contribution in [-0.4, -0.2) is 13.3 Å². The molecule has 0 aromatic heterocycles. The molecule has 0 atom stereocenters. The monoisotopic (exact) mass is 342 g/mol. The molecule has 0 saturated heterocycles. The maximum atomic E-state index is 12.6. The zero-order valence-electron chi connectivity index (χ0n) is 12.8. The van der Waals surface area contributed by atoms with Crippen molar-refractivity contribution < 1.29 is 13.3 Å². The molecule has 0 unspecified atom stereocenters. The van der Waals surface area contributed by atoms with Crippen LogP contribution >= 0.6 is 0 Å². The molecule has 0 spiro atoms. The van der Waals surface area contributed by atoms with E-state index in [1.165, 1.54) is 12.1 Å². The fraction of sp³-hybridized carbons (Fsp3) is 0.0588. The van der Waals surface area contributed by atoms with Crippen LogP contribution in [0.2, 0.25) is 0 Å². The Balaban J connectivity index is 2.01. The van der Waals surface area contributed by atoms with E-state index in [-0.39, 0.29) is 10.6 Å². The van der Waals surface area contributed by atoms with E-state index in [1.807, 2.05) is 30.3 Å². The predicted octanol–water partition coefficient (Wildman–Crippen LogP) is 3.86. The van der Waals surface area contributed by atoms with Gasteiger partial charge in [-0.1, -0.05) is 36.4 Å². The third-order valence-corrected chi connectivity index (χ3v) is 5.20. The number of nitrogens with zero attached hydrogens (tertiary/aromatic N) is 1. The van der Waals surface area contributed by atoms with Crippen LogP contribution in [0.15, 0.2) is 65.6 Å². The number of benzene rings is 3. The number of anilines is 1. The molecule has 0 radical (unpaired) electrons. The fourth-order valence-electron chi connectivity index (χ4n) is 2.45. The van der Waals surface area contributed by atoms with E-state index in [1.54, 1.807) is 19.1 Å². The van der Waals surface area contributed by atoms with E-state index in [0.29, 0.717) is 11.3 Å². The predicted molar refractivity (Wildman–Crippen MR) is 92.6 cm³/mol. The van der Waals surface area contributed by atoms with Gasteiger partial charge < -0.3 is 0 Å². The van der Waals surface area contributed by atoms with Crippen molar-refractivity contribution in [1.82, 2.24) is 0 Å². The molecule has 0 aliphatic rings. The minimum atomic E-state index is -3.92. The molecule has 0 saturated carbocycles. The molecule has 0 bridgehead atoms. The second kappa shape index (κ2) is 5.93. The normalized spacial score (nSPS) is 11.4. The number of rotatable bonds is 4. The van der Waals surface area contributed by atoms with E-state index in [2.05, 4.69) is 4.72 Å². The van der Waals surface area contributed by atoms with E-state index >= 15 is 0 Å². The van der Waals surface area contributed by atoms with Gasteiger partial charge in [-0.25, -0.2) is 8.42 Å². The number of fused-ring (bicyclic) bond motifs is 1. The van der Waals surface area contributed by atoms with Crippen LogP contribution < -0.4 is 4.72 Å². The van der Waals surface area contributed by atoms with Crippen molar-refractivity contribution in [2.75, 3.05) is 4.72 Å². The SMILES string of the molecule is Cc1ccc([N+](=O)[O-])cc1S(=O)(=O)Nc1ccc2ccccc2c1. The van der Waals surface area contributed by atoms with Gasteiger partial charge in [-0.15, -0.1) is 0 Å². The summed E-state index contributed by atoms with van der Waals surface area (Å²) in [7, 11) is -3.92. The van der Waals surface area contributed by atoms with Crippen molar-refractivity contribution in [2.45, 2.75) is 11.8 Å². The molecule has 3 aromatic carbocycles. The molecule has 6 nitrogen and oxygen atoms in total. The van der Waals surface area contributed by atoms with Crippen molar-refractivity contribution in [1.29, 1.82) is 0 Å². The zero-order chi connectivity index (χ0) is 17.3. The van der Waals surface area contributed by atoms with Gasteiger partial charge in [-0.2, -0.15) is 0 Å². The highest BCUT2D eigenvalue weighted by Gasteiger charge is 2.20. The summed E-state index contributed by atoms with van der Waals surface area (Å²) >= 11 is 0. The molecule has 3 rings (SSSR count). The third kappa shape index (κ3) is 3.07. The Morgan fingerprint density at radius 3 is 2.38 bits per heavy atom. The van der Waals surface area contributed by atoms with Gasteiger partial charge in [0.2, 0.25) is 0 Å². The van der Waals surface area contributed by atoms with Crippen molar-refractivity contribution in [3.63, 3.8) is 0 Å². The van der Waals surface area contributed by atoms with Gasteiger partial charge in [-0.05, 0) is 35.4 Å². The highest BCUT2D eigenvalue weighted by atomic mass is 32.2. The molecule has 0 heterocycles. The molecule has 3 aromatic rings. The Bertz CT molecular complexity index is 1050. The van der Waals surface area contributed by atoms with Crippen molar-refractivity contribution >= 4 is 32.2 Å². The number of nitro benzene ring substituents is 1. The molecule has 122 valence electrons. The van der Waals surface area contributed by atoms with E-state index in [0.717, 1.165) is 16.8 Å². The van der Waals surface area contributed by atoms with Crippen molar-refractivity contribution in [2.24, 2.45) is 0 Å². The summed E-state index contributed by atoms with van der Waals surface area (Å²) < 4.78 is 27.7. The average molecular weight is 342 g/mol. The van der Waals surface area contributed by atoms with Crippen LogP contribution in [-0.2, 0) is 10.0 Å². The number of nitro groups is 1. The Hall–Kier alpha value is -2.93. The van der Waals surface area contributed by atoms with Crippen molar-refractivity contribution in [3.05, 3.63) is 76.3 Å². The third-order valence-electron chi connectivity index (χ3n) is 3.67. The number of aryl methyl sites for hydroxylation is 1. The number of hydrogen-bond acceptors (Lipinski definition) is 4. The number of non-ortho nitro benzene ring substituents is 1. The average Bonchev–Trinajstić information content (AvgIpc) is 2.54. The number of hydrogen-bond donors (Lipinski definition) is 1. The van der Waals surface area contributed by atoms with E-state index < -0.39 is 14.9 Å². The first kappa shape index (κ1) is 15.9. The smallest absolute Gasteiger partial charge is 0.270 e. The van der Waals surface area contributed by atoms with E-state index in [9.17, 15) is 18.5 Å². The molecular weight excluding hydrogens is 328 g/mol. The maximum absolute atomic E-state index is 12.6. The van der Waals surface area contributed by atoms with Gasteiger partial charge in [-0.3, -0.25) is 14.8 Å². The van der Waals surface area contributed by atoms with Crippen LogP contribution in [0.5, 0.6) is 0 Å². The highest BCUT2D eigenvalue weighted by Crippen LogP contribution is 2.25. The standard InChI is InChI=1S/C17H14N2O4S/c1-12-6-9-16(19(20)21)11-17(12)24(22,23)18-15-8-7-13-4-2-3-5-14(13)10-15/h2-11,18H,1H3. The first-order chi connectivity index (χ1) is 11.4. The molecule has 0 aliphatic carbocycles. The van der Waals surface area contributed by atoms with Gasteiger partial charge in [0, 0.05) is 17.8 Å². The van der Waals surface area contributed by atoms with Gasteiger partial charge in [0.25, 0.3) is 15.7 Å². The van der Waals surface area contributed by atoms with Crippen LogP contribution in [0, 0.1) is 17.0 Å². The minimum absolute atomic E-state index is 0.107. The summed E-state index contributed by atoms with van der Waals surface area (Å²) in [5, 5.41) is 12.8. The number of sulfonamides is 1. The lowest BCUT2D eigenvalue weighted by Crippen LogP contribution is -2.14. The van der Waals surface area contributed by atoms with Crippen molar-refractivity contribution in [3.8, 4) is 0 Å². The molecule has 0 fully saturated rings. The quantitative estimate of drug-likeness (QED) is 0.576. The lowest BCUT2D eigenvalue weighted by atomic mass is 10.1. The summed E-state index contributed by atoms with van der Waals surface area (Å²) in [6.45, 7) is 1.60. The topological polar surface area (TPSA) is 89.3 Å². The summed E-state index contributed by atoms with van der Waals surface area (Å²) in [6.07, 6.45) is 0. The Morgan fingerprint density at radius 2 is 1.67 bits per heavy atom. The van der Waals surface area contributed by atoms with Gasteiger partial charge in [0.1, 0.15) is 0 Å². The zero-order valence-corrected chi connectivity index (χ0v) is 13.6. The second-order valence-electron chi connectivity index (χ2n) is 5.37. The summed E-state index contributed by atoms with van der Waals surface area (Å²) in [5.74, 6) is 0. The molecule has 0 aliphatic heterocycles. The van der Waals surface area contributed by atoms with Crippen LogP contribution in [0.1, 0.15) is 5.56 Å². The molecule has 24 heavy (non-hydrogen) atoms. The summed E-state index contributed by atoms with van der Waals surface area (Å²) in [4.78, 5) is 10.2. The first-order valence-electron chi connectivity index (χ1n) is 7.13. The summed E-state index contributed by atoms with van der Waals surface area (Å²) in [5.41, 5.74) is 0.577. The van der Waals surface area contributed by atoms with Gasteiger partial charge in [0.15, 0.2) is 0 Å². The molecule has 1 N–H and O–H groups in total. The lowest BCUT2D eigenvalue weighted by molar-refractivity contribution is -0.385. The van der Waals surface area contributed by atoms with E-state index in [4.69, 9.17) is 0 Å². The molecule has 7 heteroatoms. The van der Waals surface area contributed by atoms with Crippen LogP contribution in [0.25, 0.3) is 10.8 Å². The largest absolute Gasteiger partial charge is 0.280 e. The van der Waals surface area contributed by atoms with Crippen LogP contribution in [0.4, 0.5) is 11.4 Å². The highest BCUT2D eigenvalue weighted by molar-refractivity contribution is 7.92. The Morgan fingerprint density at radius 1 is 0.958 bits per heavy atom. The minimum Gasteiger partial charge on any atom is -0.280 e. The Labute approximate surface area is 138 Å². The van der Waals surface area contributed by atoms with Crippen LogP contribution in [0.3, 0.4) is 0 Å². The summed E-state index contributed by atoms with van der Waals surface area (Å²) in [6, 6.07) is 16.5. The first-order valence-corrected chi connectivity index (χ1v) is 8.62. The molecule has 0 amide bonds. The lowest BCUT2D eigenvalue weighted by Gasteiger charge is -2.11. The maximum Gasteiger partial charge on any atom is 0.270 e. The van der Waals surface area contributed by atoms with Gasteiger partial charge in [0.05, 0.1) is 9.82 Å². The fourth-order valence-corrected chi connectivity index (χ4v) is 3.77. The number of nitrogens with one attached hydrogen (secondary N) is 1.